The molecular formula is C7H6F3NO2S3. The van der Waals surface area contributed by atoms with E-state index in [0.29, 0.717) is 12.1 Å². The van der Waals surface area contributed by atoms with E-state index in [9.17, 15) is 21.6 Å². The normalized spacial score (nSPS) is 11.8. The third-order valence-electron chi connectivity index (χ3n) is 1.55. The van der Waals surface area contributed by atoms with Crippen LogP contribution in [-0.2, 0) is 10.0 Å². The van der Waals surface area contributed by atoms with Gasteiger partial charge in [0.1, 0.15) is 17.5 Å². The average molecular weight is 289 g/mol. The number of rotatable bonds is 4. The maximum Gasteiger partial charge on any atom is 0.247 e. The first-order chi connectivity index (χ1) is 7.38. The van der Waals surface area contributed by atoms with Crippen LogP contribution in [0, 0.1) is 17.5 Å². The zero-order valence-electron chi connectivity index (χ0n) is 7.58. The third kappa shape index (κ3) is 3.06. The number of sulfonamides is 1. The second kappa shape index (κ2) is 5.30. The van der Waals surface area contributed by atoms with Crippen molar-refractivity contribution >= 4 is 32.5 Å². The second-order valence-electron chi connectivity index (χ2n) is 2.62. The standard InChI is InChI=1S/C7H6F3NO2S3/c8-4-1-5(9)7(6(10)2-4)16(12,13)11-3-15-14/h1-2,11,14H,3H2. The Bertz CT molecular complexity index is 469. The van der Waals surface area contributed by atoms with Gasteiger partial charge in [0.05, 0.1) is 5.88 Å². The molecule has 0 atom stereocenters. The van der Waals surface area contributed by atoms with E-state index in [4.69, 9.17) is 0 Å². The molecule has 0 saturated heterocycles. The highest BCUT2D eigenvalue weighted by atomic mass is 33.1. The van der Waals surface area contributed by atoms with Crippen molar-refractivity contribution in [1.82, 2.24) is 4.72 Å². The Morgan fingerprint density at radius 3 is 2.19 bits per heavy atom. The molecule has 0 amide bonds. The lowest BCUT2D eigenvalue weighted by Gasteiger charge is -2.07. The van der Waals surface area contributed by atoms with E-state index in [1.165, 1.54) is 0 Å². The fourth-order valence-electron chi connectivity index (χ4n) is 0.962. The molecule has 0 aromatic heterocycles. The molecule has 0 aliphatic heterocycles. The van der Waals surface area contributed by atoms with Crippen molar-refractivity contribution in [2.45, 2.75) is 4.90 Å². The zero-order chi connectivity index (χ0) is 12.3. The summed E-state index contributed by atoms with van der Waals surface area (Å²) in [6.07, 6.45) is 0. The Hall–Kier alpha value is -0.380. The lowest BCUT2D eigenvalue weighted by molar-refractivity contribution is 0.495. The van der Waals surface area contributed by atoms with E-state index in [0.717, 1.165) is 10.8 Å². The highest BCUT2D eigenvalue weighted by molar-refractivity contribution is 8.68. The Morgan fingerprint density at radius 1 is 1.25 bits per heavy atom. The average Bonchev–Trinajstić information content (AvgIpc) is 2.12. The monoisotopic (exact) mass is 289 g/mol. The lowest BCUT2D eigenvalue weighted by atomic mass is 10.3. The van der Waals surface area contributed by atoms with Crippen LogP contribution in [0.5, 0.6) is 0 Å². The van der Waals surface area contributed by atoms with Crippen LogP contribution in [0.25, 0.3) is 0 Å². The highest BCUT2D eigenvalue weighted by Gasteiger charge is 2.24. The zero-order valence-corrected chi connectivity index (χ0v) is 10.1. The van der Waals surface area contributed by atoms with Crippen LogP contribution >= 0.6 is 22.5 Å². The van der Waals surface area contributed by atoms with E-state index in [2.05, 4.69) is 11.7 Å². The molecule has 0 heterocycles. The lowest BCUT2D eigenvalue weighted by Crippen LogP contribution is -2.25. The van der Waals surface area contributed by atoms with Crippen molar-refractivity contribution in [1.29, 1.82) is 0 Å². The predicted molar refractivity (Wildman–Crippen MR) is 58.1 cm³/mol. The van der Waals surface area contributed by atoms with Crippen LogP contribution in [0.1, 0.15) is 0 Å². The number of hydrogen-bond donors (Lipinski definition) is 2. The fourth-order valence-corrected chi connectivity index (χ4v) is 3.04. The van der Waals surface area contributed by atoms with E-state index in [1.807, 2.05) is 4.72 Å². The summed E-state index contributed by atoms with van der Waals surface area (Å²) in [7, 11) is -3.51. The number of thiol groups is 1. The molecule has 1 aromatic rings. The summed E-state index contributed by atoms with van der Waals surface area (Å²) in [4.78, 5) is -1.20. The van der Waals surface area contributed by atoms with Gasteiger partial charge in [0.2, 0.25) is 10.0 Å². The van der Waals surface area contributed by atoms with Crippen molar-refractivity contribution in [3.63, 3.8) is 0 Å². The largest absolute Gasteiger partial charge is 0.247 e. The summed E-state index contributed by atoms with van der Waals surface area (Å²) < 4.78 is 63.4. The molecule has 9 heteroatoms. The third-order valence-corrected chi connectivity index (χ3v) is 3.84. The number of hydrogen-bond acceptors (Lipinski definition) is 4. The Kier molecular flexibility index (Phi) is 4.53. The van der Waals surface area contributed by atoms with Crippen LogP contribution in [-0.4, -0.2) is 14.3 Å². The van der Waals surface area contributed by atoms with Gasteiger partial charge in [-0.15, -0.1) is 11.7 Å². The summed E-state index contributed by atoms with van der Waals surface area (Å²) in [6, 6.07) is 0.594. The number of nitrogens with one attached hydrogen (secondary N) is 1. The van der Waals surface area contributed by atoms with Gasteiger partial charge in [-0.1, -0.05) is 10.8 Å². The Labute approximate surface area is 99.3 Å². The number of halogens is 3. The Morgan fingerprint density at radius 2 is 1.75 bits per heavy atom. The van der Waals surface area contributed by atoms with Crippen molar-refractivity contribution in [2.75, 3.05) is 5.88 Å². The molecule has 0 unspecified atom stereocenters. The van der Waals surface area contributed by atoms with Gasteiger partial charge in [-0.2, -0.15) is 0 Å². The van der Waals surface area contributed by atoms with Gasteiger partial charge in [0, 0.05) is 12.1 Å². The van der Waals surface area contributed by atoms with Gasteiger partial charge in [0.15, 0.2) is 4.90 Å². The summed E-state index contributed by atoms with van der Waals surface area (Å²) in [5.74, 6) is -4.30. The van der Waals surface area contributed by atoms with Crippen LogP contribution in [0.15, 0.2) is 17.0 Å². The van der Waals surface area contributed by atoms with Gasteiger partial charge in [-0.3, -0.25) is 0 Å². The minimum Gasteiger partial charge on any atom is -0.207 e. The Balaban J connectivity index is 3.23. The highest BCUT2D eigenvalue weighted by Crippen LogP contribution is 2.20. The molecule has 16 heavy (non-hydrogen) atoms. The number of benzene rings is 1. The molecule has 0 fully saturated rings. The summed E-state index contributed by atoms with van der Waals surface area (Å²) in [6.45, 7) is 0. The maximum absolute atomic E-state index is 13.1. The molecule has 0 aliphatic carbocycles. The van der Waals surface area contributed by atoms with Crippen molar-refractivity contribution in [3.8, 4) is 0 Å². The molecule has 90 valence electrons. The van der Waals surface area contributed by atoms with Gasteiger partial charge in [-0.05, 0) is 0 Å². The summed E-state index contributed by atoms with van der Waals surface area (Å²) >= 11 is 3.66. The molecule has 0 saturated carbocycles. The van der Waals surface area contributed by atoms with Crippen molar-refractivity contribution in [3.05, 3.63) is 29.6 Å². The minimum absolute atomic E-state index is 0.165. The molecular weight excluding hydrogens is 283 g/mol. The second-order valence-corrected chi connectivity index (χ2v) is 5.65. The first-order valence-electron chi connectivity index (χ1n) is 3.79. The van der Waals surface area contributed by atoms with Crippen LogP contribution < -0.4 is 4.72 Å². The van der Waals surface area contributed by atoms with Gasteiger partial charge in [0.25, 0.3) is 0 Å². The molecule has 1 aromatic carbocycles. The van der Waals surface area contributed by atoms with Crippen molar-refractivity contribution in [2.24, 2.45) is 0 Å². The van der Waals surface area contributed by atoms with E-state index in [1.54, 1.807) is 0 Å². The topological polar surface area (TPSA) is 46.2 Å². The smallest absolute Gasteiger partial charge is 0.207 e. The maximum atomic E-state index is 13.1. The van der Waals surface area contributed by atoms with Crippen LogP contribution in [0.2, 0.25) is 0 Å². The molecule has 0 aliphatic rings. The quantitative estimate of drug-likeness (QED) is 0.506. The van der Waals surface area contributed by atoms with Crippen LogP contribution in [0.3, 0.4) is 0 Å². The predicted octanol–water partition coefficient (Wildman–Crippen LogP) is 1.92. The van der Waals surface area contributed by atoms with Crippen LogP contribution in [0.4, 0.5) is 13.2 Å². The van der Waals surface area contributed by atoms with E-state index in [-0.39, 0.29) is 5.88 Å². The molecule has 0 bridgehead atoms. The van der Waals surface area contributed by atoms with E-state index < -0.39 is 32.4 Å². The summed E-state index contributed by atoms with van der Waals surface area (Å²) in [5.41, 5.74) is 0. The fraction of sp³-hybridized carbons (Fsp3) is 0.143. The first-order valence-corrected chi connectivity index (χ1v) is 7.31. The molecule has 3 nitrogen and oxygen atoms in total. The molecule has 0 spiro atoms. The SMILES string of the molecule is O=S(=O)(NCSS)c1c(F)cc(F)cc1F. The molecule has 1 rings (SSSR count). The van der Waals surface area contributed by atoms with Gasteiger partial charge in [-0.25, -0.2) is 26.3 Å². The van der Waals surface area contributed by atoms with Gasteiger partial charge >= 0.3 is 0 Å². The molecule has 0 radical (unpaired) electrons. The van der Waals surface area contributed by atoms with Gasteiger partial charge < -0.3 is 0 Å². The summed E-state index contributed by atoms with van der Waals surface area (Å²) in [5, 5.41) is 0. The van der Waals surface area contributed by atoms with Crippen molar-refractivity contribution < 1.29 is 21.6 Å². The molecule has 1 N–H and O–H groups in total. The van der Waals surface area contributed by atoms with E-state index >= 15 is 0 Å². The minimum atomic E-state index is -4.34. The first kappa shape index (κ1) is 13.7.